The minimum atomic E-state index is 0.553. The smallest absolute Gasteiger partial charge is 0.191 e. The second-order valence-corrected chi connectivity index (χ2v) is 6.64. The van der Waals surface area contributed by atoms with Crippen LogP contribution < -0.4 is 15.5 Å². The molecule has 1 aliphatic heterocycles. The van der Waals surface area contributed by atoms with Crippen LogP contribution in [0, 0.1) is 0 Å². The molecule has 144 valence electrons. The van der Waals surface area contributed by atoms with E-state index in [0.717, 1.165) is 37.1 Å². The Kier molecular flexibility index (Phi) is 5.51. The van der Waals surface area contributed by atoms with Gasteiger partial charge in [-0.2, -0.15) is 0 Å². The third kappa shape index (κ3) is 4.14. The van der Waals surface area contributed by atoms with Gasteiger partial charge in [-0.15, -0.1) is 10.2 Å². The Hall–Kier alpha value is -3.35. The summed E-state index contributed by atoms with van der Waals surface area (Å²) in [5.41, 5.74) is 3.28. The molecule has 28 heavy (non-hydrogen) atoms. The van der Waals surface area contributed by atoms with Gasteiger partial charge < -0.3 is 15.5 Å². The number of hydrogen-bond acceptors (Lipinski definition) is 4. The summed E-state index contributed by atoms with van der Waals surface area (Å²) in [5.74, 6) is 1.62. The molecule has 0 aliphatic carbocycles. The Balaban J connectivity index is 1.38. The summed E-state index contributed by atoms with van der Waals surface area (Å²) in [4.78, 5) is 7.04. The van der Waals surface area contributed by atoms with E-state index in [9.17, 15) is 0 Å². The minimum absolute atomic E-state index is 0.553. The monoisotopic (exact) mass is 375 g/mol. The highest BCUT2D eigenvalue weighted by molar-refractivity contribution is 5.79. The van der Waals surface area contributed by atoms with E-state index in [-0.39, 0.29) is 0 Å². The Labute approximate surface area is 164 Å². The molecule has 1 aliphatic rings. The van der Waals surface area contributed by atoms with Crippen molar-refractivity contribution >= 4 is 17.3 Å². The standard InChI is InChI=1S/C21H25N7/c1-2-22-21(24-16-20-26-25-19-7-3-4-14-28(19)20)23-15-17-8-10-18(11-9-17)27-12-5-6-13-27/h3-11,14H,2,12-13,15-16H2,1H3,(H2,22,23,24). The van der Waals surface area contributed by atoms with Crippen molar-refractivity contribution in [3.05, 3.63) is 72.2 Å². The second kappa shape index (κ2) is 8.56. The number of rotatable bonds is 6. The van der Waals surface area contributed by atoms with Crippen LogP contribution in [-0.4, -0.2) is 40.2 Å². The molecule has 1 aromatic carbocycles. The average molecular weight is 375 g/mol. The van der Waals surface area contributed by atoms with Crippen LogP contribution in [0.1, 0.15) is 18.3 Å². The Bertz CT molecular complexity index is 964. The molecule has 7 nitrogen and oxygen atoms in total. The van der Waals surface area contributed by atoms with E-state index in [1.807, 2.05) is 28.8 Å². The molecule has 0 atom stereocenters. The van der Waals surface area contributed by atoms with Gasteiger partial charge in [0.2, 0.25) is 0 Å². The molecule has 0 saturated carbocycles. The molecule has 2 N–H and O–H groups in total. The molecule has 0 spiro atoms. The fourth-order valence-electron chi connectivity index (χ4n) is 3.19. The highest BCUT2D eigenvalue weighted by Crippen LogP contribution is 2.17. The first kappa shape index (κ1) is 18.0. The van der Waals surface area contributed by atoms with Gasteiger partial charge in [0.25, 0.3) is 0 Å². The van der Waals surface area contributed by atoms with Crippen molar-refractivity contribution in [2.45, 2.75) is 20.0 Å². The van der Waals surface area contributed by atoms with Gasteiger partial charge in [-0.25, -0.2) is 4.99 Å². The van der Waals surface area contributed by atoms with Crippen molar-refractivity contribution in [3.8, 4) is 0 Å². The Morgan fingerprint density at radius 2 is 1.86 bits per heavy atom. The first-order valence-corrected chi connectivity index (χ1v) is 9.63. The summed E-state index contributed by atoms with van der Waals surface area (Å²) in [7, 11) is 0. The molecule has 2 aromatic heterocycles. The SMILES string of the molecule is CCNC(=NCc1ccc(N2CC=CC2)cc1)NCc1nnc2ccccn12. The van der Waals surface area contributed by atoms with Gasteiger partial charge in [-0.3, -0.25) is 4.40 Å². The largest absolute Gasteiger partial charge is 0.364 e. The molecule has 0 amide bonds. The maximum atomic E-state index is 4.70. The number of nitrogens with one attached hydrogen (secondary N) is 2. The van der Waals surface area contributed by atoms with E-state index >= 15 is 0 Å². The molecule has 4 rings (SSSR count). The van der Waals surface area contributed by atoms with Crippen molar-refractivity contribution in [2.75, 3.05) is 24.5 Å². The summed E-state index contributed by atoms with van der Waals surface area (Å²) >= 11 is 0. The van der Waals surface area contributed by atoms with Crippen molar-refractivity contribution < 1.29 is 0 Å². The first-order valence-electron chi connectivity index (χ1n) is 9.63. The van der Waals surface area contributed by atoms with E-state index in [1.165, 1.54) is 11.3 Å². The molecular weight excluding hydrogens is 350 g/mol. The van der Waals surface area contributed by atoms with Gasteiger partial charge in [-0.05, 0) is 36.8 Å². The van der Waals surface area contributed by atoms with Crippen molar-refractivity contribution in [2.24, 2.45) is 4.99 Å². The van der Waals surface area contributed by atoms with Gasteiger partial charge >= 0.3 is 0 Å². The van der Waals surface area contributed by atoms with E-state index in [0.29, 0.717) is 13.1 Å². The number of benzene rings is 1. The van der Waals surface area contributed by atoms with Crippen molar-refractivity contribution in [1.29, 1.82) is 0 Å². The zero-order valence-electron chi connectivity index (χ0n) is 16.0. The number of aromatic nitrogens is 3. The summed E-state index contributed by atoms with van der Waals surface area (Å²) < 4.78 is 1.97. The van der Waals surface area contributed by atoms with E-state index < -0.39 is 0 Å². The van der Waals surface area contributed by atoms with Crippen LogP contribution in [0.4, 0.5) is 5.69 Å². The van der Waals surface area contributed by atoms with E-state index in [2.05, 4.69) is 69.1 Å². The molecule has 7 heteroatoms. The Morgan fingerprint density at radius 3 is 2.64 bits per heavy atom. The fraction of sp³-hybridized carbons (Fsp3) is 0.286. The number of pyridine rings is 1. The number of aliphatic imine (C=N–C) groups is 1. The number of nitrogens with zero attached hydrogens (tertiary/aromatic N) is 5. The van der Waals surface area contributed by atoms with Gasteiger partial charge in [0.15, 0.2) is 17.4 Å². The van der Waals surface area contributed by atoms with Crippen LogP contribution in [-0.2, 0) is 13.1 Å². The highest BCUT2D eigenvalue weighted by Gasteiger charge is 2.08. The maximum absolute atomic E-state index is 4.70. The molecule has 0 bridgehead atoms. The Morgan fingerprint density at radius 1 is 1.04 bits per heavy atom. The normalized spacial score (nSPS) is 14.0. The quantitative estimate of drug-likeness (QED) is 0.393. The molecule has 3 aromatic rings. The van der Waals surface area contributed by atoms with Crippen LogP contribution in [0.3, 0.4) is 0 Å². The topological polar surface area (TPSA) is 69.8 Å². The van der Waals surface area contributed by atoms with E-state index in [4.69, 9.17) is 4.99 Å². The number of fused-ring (bicyclic) bond motifs is 1. The average Bonchev–Trinajstić information content (AvgIpc) is 3.41. The number of hydrogen-bond donors (Lipinski definition) is 2. The van der Waals surface area contributed by atoms with Gasteiger partial charge in [0.05, 0.1) is 13.1 Å². The molecule has 0 unspecified atom stereocenters. The zero-order chi connectivity index (χ0) is 19.2. The molecule has 0 fully saturated rings. The van der Waals surface area contributed by atoms with Crippen LogP contribution in [0.5, 0.6) is 0 Å². The predicted octanol–water partition coefficient (Wildman–Crippen LogP) is 2.36. The lowest BCUT2D eigenvalue weighted by Crippen LogP contribution is -2.37. The third-order valence-corrected chi connectivity index (χ3v) is 4.68. The summed E-state index contributed by atoms with van der Waals surface area (Å²) in [6.07, 6.45) is 6.37. The summed E-state index contributed by atoms with van der Waals surface area (Å²) in [5, 5.41) is 15.1. The second-order valence-electron chi connectivity index (χ2n) is 6.64. The maximum Gasteiger partial charge on any atom is 0.191 e. The van der Waals surface area contributed by atoms with Crippen LogP contribution in [0.15, 0.2) is 65.8 Å². The molecular formula is C21H25N7. The van der Waals surface area contributed by atoms with Crippen LogP contribution in [0.2, 0.25) is 0 Å². The van der Waals surface area contributed by atoms with E-state index in [1.54, 1.807) is 0 Å². The van der Waals surface area contributed by atoms with Crippen LogP contribution >= 0.6 is 0 Å². The predicted molar refractivity (Wildman–Crippen MR) is 112 cm³/mol. The number of anilines is 1. The molecule has 3 heterocycles. The van der Waals surface area contributed by atoms with Crippen LogP contribution in [0.25, 0.3) is 5.65 Å². The van der Waals surface area contributed by atoms with Gasteiger partial charge in [0.1, 0.15) is 0 Å². The van der Waals surface area contributed by atoms with Crippen molar-refractivity contribution in [1.82, 2.24) is 25.2 Å². The first-order chi connectivity index (χ1) is 13.8. The third-order valence-electron chi connectivity index (χ3n) is 4.68. The summed E-state index contributed by atoms with van der Waals surface area (Å²) in [6, 6.07) is 14.5. The highest BCUT2D eigenvalue weighted by atomic mass is 15.3. The number of guanidine groups is 1. The van der Waals surface area contributed by atoms with Crippen molar-refractivity contribution in [3.63, 3.8) is 0 Å². The fourth-order valence-corrected chi connectivity index (χ4v) is 3.19. The minimum Gasteiger partial charge on any atom is -0.364 e. The molecule has 0 saturated heterocycles. The molecule has 0 radical (unpaired) electrons. The van der Waals surface area contributed by atoms with Gasteiger partial charge in [-0.1, -0.05) is 30.4 Å². The zero-order valence-corrected chi connectivity index (χ0v) is 16.0. The lowest BCUT2D eigenvalue weighted by molar-refractivity contribution is 0.765. The lowest BCUT2D eigenvalue weighted by atomic mass is 10.2. The lowest BCUT2D eigenvalue weighted by Gasteiger charge is -2.17. The van der Waals surface area contributed by atoms with Gasteiger partial charge in [0, 0.05) is 31.5 Å². The summed E-state index contributed by atoms with van der Waals surface area (Å²) in [6.45, 7) is 6.01.